The van der Waals surface area contributed by atoms with Gasteiger partial charge in [-0.3, -0.25) is 4.55 Å². The SMILES string of the molecule is CC(C)OCCCc1ccc(S(=O)(=O)O)cc1. The molecule has 4 nitrogen and oxygen atoms in total. The fourth-order valence-electron chi connectivity index (χ4n) is 1.42. The normalized spacial score (nSPS) is 12.0. The first-order chi connectivity index (χ1) is 7.89. The molecule has 1 aromatic rings. The number of hydrogen-bond acceptors (Lipinski definition) is 3. The van der Waals surface area contributed by atoms with E-state index in [4.69, 9.17) is 9.29 Å². The van der Waals surface area contributed by atoms with Gasteiger partial charge in [0.2, 0.25) is 0 Å². The summed E-state index contributed by atoms with van der Waals surface area (Å²) in [5.74, 6) is 0. The molecule has 0 unspecified atom stereocenters. The van der Waals surface area contributed by atoms with Gasteiger partial charge in [0.15, 0.2) is 0 Å². The van der Waals surface area contributed by atoms with Crippen molar-refractivity contribution in [1.82, 2.24) is 0 Å². The molecule has 0 aliphatic heterocycles. The first-order valence-electron chi connectivity index (χ1n) is 5.57. The highest BCUT2D eigenvalue weighted by molar-refractivity contribution is 7.85. The third-order valence-corrected chi connectivity index (χ3v) is 3.15. The van der Waals surface area contributed by atoms with Gasteiger partial charge in [-0.05, 0) is 44.4 Å². The number of ether oxygens (including phenoxy) is 1. The average molecular weight is 258 g/mol. The zero-order valence-corrected chi connectivity index (χ0v) is 10.9. The molecule has 0 amide bonds. The Hall–Kier alpha value is -0.910. The van der Waals surface area contributed by atoms with Crippen molar-refractivity contribution in [3.8, 4) is 0 Å². The maximum Gasteiger partial charge on any atom is 0.294 e. The summed E-state index contributed by atoms with van der Waals surface area (Å²) < 4.78 is 35.8. The summed E-state index contributed by atoms with van der Waals surface area (Å²) >= 11 is 0. The fraction of sp³-hybridized carbons (Fsp3) is 0.500. The lowest BCUT2D eigenvalue weighted by Crippen LogP contribution is -2.04. The molecule has 0 saturated heterocycles. The molecule has 0 saturated carbocycles. The second-order valence-corrected chi connectivity index (χ2v) is 5.56. The van der Waals surface area contributed by atoms with Crippen molar-refractivity contribution in [2.45, 2.75) is 37.7 Å². The maximum absolute atomic E-state index is 10.8. The maximum atomic E-state index is 10.8. The lowest BCUT2D eigenvalue weighted by atomic mass is 10.1. The standard InChI is InChI=1S/C12H18O4S/c1-10(2)16-9-3-4-11-5-7-12(8-6-11)17(13,14)15/h5-8,10H,3-4,9H2,1-2H3,(H,13,14,15). The van der Waals surface area contributed by atoms with Crippen LogP contribution in [0.4, 0.5) is 0 Å². The number of aryl methyl sites for hydroxylation is 1. The van der Waals surface area contributed by atoms with Crippen molar-refractivity contribution in [2.24, 2.45) is 0 Å². The van der Waals surface area contributed by atoms with Gasteiger partial charge in [0.1, 0.15) is 0 Å². The first kappa shape index (κ1) is 14.2. The minimum atomic E-state index is -4.08. The van der Waals surface area contributed by atoms with Gasteiger partial charge in [0, 0.05) is 6.61 Å². The van der Waals surface area contributed by atoms with Crippen molar-refractivity contribution >= 4 is 10.1 Å². The van der Waals surface area contributed by atoms with E-state index in [0.717, 1.165) is 18.4 Å². The molecule has 17 heavy (non-hydrogen) atoms. The van der Waals surface area contributed by atoms with E-state index in [0.29, 0.717) is 6.61 Å². The number of rotatable bonds is 6. The Morgan fingerprint density at radius 1 is 1.24 bits per heavy atom. The van der Waals surface area contributed by atoms with Crippen molar-refractivity contribution in [3.63, 3.8) is 0 Å². The predicted octanol–water partition coefficient (Wildman–Crippen LogP) is 2.29. The summed E-state index contributed by atoms with van der Waals surface area (Å²) in [5.41, 5.74) is 1.03. The molecule has 0 aliphatic rings. The Bertz CT molecular complexity index is 434. The van der Waals surface area contributed by atoms with E-state index in [9.17, 15) is 8.42 Å². The van der Waals surface area contributed by atoms with Gasteiger partial charge in [-0.2, -0.15) is 8.42 Å². The Morgan fingerprint density at radius 2 is 1.82 bits per heavy atom. The van der Waals surface area contributed by atoms with E-state index in [1.807, 2.05) is 13.8 Å². The quantitative estimate of drug-likeness (QED) is 0.628. The lowest BCUT2D eigenvalue weighted by Gasteiger charge is -2.07. The van der Waals surface area contributed by atoms with Gasteiger partial charge >= 0.3 is 0 Å². The van der Waals surface area contributed by atoms with Crippen LogP contribution in [0.25, 0.3) is 0 Å². The third-order valence-electron chi connectivity index (χ3n) is 2.28. The summed E-state index contributed by atoms with van der Waals surface area (Å²) in [5, 5.41) is 0. The molecule has 0 spiro atoms. The molecule has 1 aromatic carbocycles. The van der Waals surface area contributed by atoms with Crippen LogP contribution in [0.3, 0.4) is 0 Å². The molecular formula is C12H18O4S. The molecule has 1 N–H and O–H groups in total. The molecule has 0 bridgehead atoms. The van der Waals surface area contributed by atoms with Crippen LogP contribution in [0.5, 0.6) is 0 Å². The van der Waals surface area contributed by atoms with Crippen LogP contribution in [0.2, 0.25) is 0 Å². The molecule has 0 atom stereocenters. The van der Waals surface area contributed by atoms with E-state index >= 15 is 0 Å². The highest BCUT2D eigenvalue weighted by Gasteiger charge is 2.08. The predicted molar refractivity (Wildman–Crippen MR) is 65.7 cm³/mol. The molecule has 1 rings (SSSR count). The topological polar surface area (TPSA) is 63.6 Å². The van der Waals surface area contributed by atoms with Crippen LogP contribution < -0.4 is 0 Å². The lowest BCUT2D eigenvalue weighted by molar-refractivity contribution is 0.0772. The summed E-state index contributed by atoms with van der Waals surface area (Å²) in [4.78, 5) is -0.0697. The Morgan fingerprint density at radius 3 is 2.29 bits per heavy atom. The van der Waals surface area contributed by atoms with Crippen LogP contribution in [0.15, 0.2) is 29.2 Å². The zero-order valence-electron chi connectivity index (χ0n) is 10.1. The van der Waals surface area contributed by atoms with E-state index in [1.54, 1.807) is 12.1 Å². The first-order valence-corrected chi connectivity index (χ1v) is 7.01. The van der Waals surface area contributed by atoms with Crippen molar-refractivity contribution in [2.75, 3.05) is 6.61 Å². The Labute approximate surface area is 102 Å². The average Bonchev–Trinajstić information content (AvgIpc) is 2.23. The highest BCUT2D eigenvalue weighted by Crippen LogP contribution is 2.11. The van der Waals surface area contributed by atoms with E-state index in [1.165, 1.54) is 12.1 Å². The van der Waals surface area contributed by atoms with Gasteiger partial charge < -0.3 is 4.74 Å². The molecular weight excluding hydrogens is 240 g/mol. The van der Waals surface area contributed by atoms with Crippen LogP contribution in [0.1, 0.15) is 25.8 Å². The number of benzene rings is 1. The minimum absolute atomic E-state index is 0.0697. The third kappa shape index (κ3) is 5.30. The number of hydrogen-bond donors (Lipinski definition) is 1. The Kier molecular flexibility index (Phi) is 5.11. The molecule has 0 fully saturated rings. The van der Waals surface area contributed by atoms with Crippen LogP contribution in [-0.2, 0) is 21.3 Å². The molecule has 0 aliphatic carbocycles. The van der Waals surface area contributed by atoms with Crippen molar-refractivity contribution in [1.29, 1.82) is 0 Å². The summed E-state index contributed by atoms with van der Waals surface area (Å²) in [7, 11) is -4.08. The van der Waals surface area contributed by atoms with Gasteiger partial charge in [-0.1, -0.05) is 12.1 Å². The Balaban J connectivity index is 2.46. The van der Waals surface area contributed by atoms with E-state index in [2.05, 4.69) is 0 Å². The smallest absolute Gasteiger partial charge is 0.294 e. The van der Waals surface area contributed by atoms with Crippen molar-refractivity contribution < 1.29 is 17.7 Å². The molecule has 0 heterocycles. The second-order valence-electron chi connectivity index (χ2n) is 4.14. The molecule has 96 valence electrons. The fourth-order valence-corrected chi connectivity index (χ4v) is 1.90. The van der Waals surface area contributed by atoms with Gasteiger partial charge in [0.05, 0.1) is 11.0 Å². The van der Waals surface area contributed by atoms with Crippen LogP contribution >= 0.6 is 0 Å². The van der Waals surface area contributed by atoms with Gasteiger partial charge in [-0.15, -0.1) is 0 Å². The van der Waals surface area contributed by atoms with Gasteiger partial charge in [0.25, 0.3) is 10.1 Å². The summed E-state index contributed by atoms with van der Waals surface area (Å²) in [6.07, 6.45) is 1.96. The van der Waals surface area contributed by atoms with E-state index in [-0.39, 0.29) is 11.0 Å². The molecule has 0 radical (unpaired) electrons. The summed E-state index contributed by atoms with van der Waals surface area (Å²) in [6, 6.07) is 6.24. The molecule has 0 aromatic heterocycles. The van der Waals surface area contributed by atoms with E-state index < -0.39 is 10.1 Å². The second kappa shape index (κ2) is 6.14. The van der Waals surface area contributed by atoms with Crippen LogP contribution in [0, 0.1) is 0 Å². The zero-order chi connectivity index (χ0) is 12.9. The molecule has 5 heteroatoms. The highest BCUT2D eigenvalue weighted by atomic mass is 32.2. The van der Waals surface area contributed by atoms with Crippen LogP contribution in [-0.4, -0.2) is 25.7 Å². The summed E-state index contributed by atoms with van der Waals surface area (Å²) in [6.45, 7) is 4.67. The minimum Gasteiger partial charge on any atom is -0.379 e. The monoisotopic (exact) mass is 258 g/mol. The van der Waals surface area contributed by atoms with Crippen molar-refractivity contribution in [3.05, 3.63) is 29.8 Å². The van der Waals surface area contributed by atoms with Gasteiger partial charge in [-0.25, -0.2) is 0 Å². The largest absolute Gasteiger partial charge is 0.379 e.